The third-order valence-electron chi connectivity index (χ3n) is 9.53. The van der Waals surface area contributed by atoms with Gasteiger partial charge < -0.3 is 25.4 Å². The molecule has 244 valence electrons. The quantitative estimate of drug-likeness (QED) is 0.343. The number of benzene rings is 1. The first kappa shape index (κ1) is 32.5. The van der Waals surface area contributed by atoms with E-state index in [2.05, 4.69) is 43.3 Å². The Hall–Kier alpha value is -3.48. The minimum Gasteiger partial charge on any atom is -0.354 e. The molecule has 4 amide bonds. The summed E-state index contributed by atoms with van der Waals surface area (Å²) in [6.45, 7) is 3.74. The average molecular weight is 712 g/mol. The Morgan fingerprint density at radius 3 is 2.63 bits per heavy atom. The monoisotopic (exact) mass is 710 g/mol. The molecule has 2 unspecified atom stereocenters. The normalized spacial score (nSPS) is 20.5. The molecule has 46 heavy (non-hydrogen) atoms. The molecule has 2 saturated heterocycles. The molecule has 1 aromatic carbocycles. The van der Waals surface area contributed by atoms with Gasteiger partial charge in [0.2, 0.25) is 11.8 Å². The standard InChI is InChI=1S/C33H40BrClN8O3/c34-25-17-24-3-2-23-18-26(35)4-5-27(23)31(30(24)39-19-25)42-14-15-43(29(44)16-22-6-11-41(12-7-22)33(36)46)28(20-42)32(45)38-8-1-10-40-13-9-37-21-40/h4-5,9,13,17-19,21-22,28,31H,1-3,6-8,10-12,14-16,20H2,(H2,36,46)(H,38,45). The van der Waals surface area contributed by atoms with Crippen molar-refractivity contribution < 1.29 is 14.4 Å². The van der Waals surface area contributed by atoms with Crippen molar-refractivity contribution in [2.24, 2.45) is 11.7 Å². The van der Waals surface area contributed by atoms with Gasteiger partial charge in [0.15, 0.2) is 0 Å². The van der Waals surface area contributed by atoms with E-state index in [1.165, 1.54) is 5.56 Å². The molecule has 0 spiro atoms. The van der Waals surface area contributed by atoms with Gasteiger partial charge in [-0.3, -0.25) is 19.5 Å². The van der Waals surface area contributed by atoms with E-state index in [4.69, 9.17) is 22.3 Å². The number of nitrogens with two attached hydrogens (primary N) is 1. The highest BCUT2D eigenvalue weighted by molar-refractivity contribution is 9.10. The van der Waals surface area contributed by atoms with E-state index in [0.717, 1.165) is 59.9 Å². The number of amides is 4. The number of nitrogens with zero attached hydrogens (tertiary/aromatic N) is 6. The van der Waals surface area contributed by atoms with Crippen molar-refractivity contribution in [1.82, 2.24) is 34.6 Å². The second-order valence-electron chi connectivity index (χ2n) is 12.5. The summed E-state index contributed by atoms with van der Waals surface area (Å²) in [4.78, 5) is 54.1. The second kappa shape index (κ2) is 14.5. The number of likely N-dealkylation sites (tertiary alicyclic amines) is 1. The van der Waals surface area contributed by atoms with Gasteiger partial charge in [0.1, 0.15) is 6.04 Å². The number of carbonyl (C=O) groups is 3. The van der Waals surface area contributed by atoms with E-state index in [-0.39, 0.29) is 23.8 Å². The maximum absolute atomic E-state index is 13.9. The molecular weight excluding hydrogens is 672 g/mol. The fourth-order valence-electron chi connectivity index (χ4n) is 7.08. The molecule has 11 nitrogen and oxygen atoms in total. The first-order valence-electron chi connectivity index (χ1n) is 16.0. The molecule has 2 aromatic heterocycles. The van der Waals surface area contributed by atoms with Crippen molar-refractivity contribution >= 4 is 45.4 Å². The number of aromatic nitrogens is 3. The van der Waals surface area contributed by atoms with Crippen LogP contribution in [0, 0.1) is 5.92 Å². The van der Waals surface area contributed by atoms with E-state index in [1.54, 1.807) is 22.3 Å². The van der Waals surface area contributed by atoms with Crippen molar-refractivity contribution in [3.63, 3.8) is 0 Å². The Morgan fingerprint density at radius 2 is 1.87 bits per heavy atom. The summed E-state index contributed by atoms with van der Waals surface area (Å²) in [5.74, 6) is -0.0274. The van der Waals surface area contributed by atoms with Crippen LogP contribution in [0.25, 0.3) is 0 Å². The molecule has 3 aliphatic rings. The van der Waals surface area contributed by atoms with E-state index >= 15 is 0 Å². The van der Waals surface area contributed by atoms with Crippen LogP contribution in [0.15, 0.2) is 53.7 Å². The van der Waals surface area contributed by atoms with E-state index in [9.17, 15) is 14.4 Å². The number of fused-ring (bicyclic) bond motifs is 2. The van der Waals surface area contributed by atoms with Gasteiger partial charge in [-0.05, 0) is 88.8 Å². The predicted octanol–water partition coefficient (Wildman–Crippen LogP) is 3.78. The molecule has 13 heteroatoms. The Balaban J connectivity index is 1.23. The molecule has 3 aromatic rings. The zero-order valence-corrected chi connectivity index (χ0v) is 28.1. The second-order valence-corrected chi connectivity index (χ2v) is 13.8. The lowest BCUT2D eigenvalue weighted by molar-refractivity contribution is -0.145. The molecule has 1 aliphatic carbocycles. The van der Waals surface area contributed by atoms with Crippen LogP contribution in [0.2, 0.25) is 5.02 Å². The molecule has 6 rings (SSSR count). The van der Waals surface area contributed by atoms with Crippen molar-refractivity contribution in [1.29, 1.82) is 0 Å². The number of piperidine rings is 1. The molecule has 2 fully saturated rings. The summed E-state index contributed by atoms with van der Waals surface area (Å²) in [5.41, 5.74) is 9.91. The van der Waals surface area contributed by atoms with Gasteiger partial charge in [0.05, 0.1) is 18.1 Å². The molecular formula is C33H40BrClN8O3. The zero-order chi connectivity index (χ0) is 32.2. The Kier molecular flexibility index (Phi) is 10.2. The Bertz CT molecular complexity index is 1510. The maximum Gasteiger partial charge on any atom is 0.314 e. The van der Waals surface area contributed by atoms with Crippen molar-refractivity contribution in [2.45, 2.75) is 57.2 Å². The first-order chi connectivity index (χ1) is 22.3. The van der Waals surface area contributed by atoms with Gasteiger partial charge >= 0.3 is 6.03 Å². The summed E-state index contributed by atoms with van der Waals surface area (Å²) in [6, 6.07) is 6.93. The lowest BCUT2D eigenvalue weighted by atomic mass is 9.92. The molecule has 0 bridgehead atoms. The van der Waals surface area contributed by atoms with Crippen LogP contribution in [-0.2, 0) is 29.0 Å². The summed E-state index contributed by atoms with van der Waals surface area (Å²) in [6.07, 6.45) is 11.4. The summed E-state index contributed by atoms with van der Waals surface area (Å²) >= 11 is 10.1. The number of hydrogen-bond acceptors (Lipinski definition) is 6. The number of primary amides is 1. The minimum atomic E-state index is -0.655. The fraction of sp³-hybridized carbons (Fsp3) is 0.485. The van der Waals surface area contributed by atoms with Crippen LogP contribution in [0.5, 0.6) is 0 Å². The van der Waals surface area contributed by atoms with Crippen molar-refractivity contribution in [3.05, 3.63) is 81.1 Å². The summed E-state index contributed by atoms with van der Waals surface area (Å²) < 4.78 is 2.91. The zero-order valence-electron chi connectivity index (χ0n) is 25.8. The minimum absolute atomic E-state index is 0.0220. The highest BCUT2D eigenvalue weighted by Crippen LogP contribution is 2.38. The van der Waals surface area contributed by atoms with Gasteiger partial charge in [0.25, 0.3) is 0 Å². The summed E-state index contributed by atoms with van der Waals surface area (Å²) in [5, 5.41) is 3.82. The van der Waals surface area contributed by atoms with Gasteiger partial charge in [-0.1, -0.05) is 17.7 Å². The number of hydrogen-bond donors (Lipinski definition) is 2. The van der Waals surface area contributed by atoms with Crippen molar-refractivity contribution in [2.75, 3.05) is 39.3 Å². The molecule has 4 heterocycles. The van der Waals surface area contributed by atoms with Gasteiger partial charge in [-0.2, -0.15) is 0 Å². The lowest BCUT2D eigenvalue weighted by Crippen LogP contribution is -2.61. The third-order valence-corrected chi connectivity index (χ3v) is 10.2. The fourth-order valence-corrected chi connectivity index (χ4v) is 7.65. The van der Waals surface area contributed by atoms with Crippen LogP contribution in [-0.4, -0.2) is 92.4 Å². The smallest absolute Gasteiger partial charge is 0.314 e. The number of imidazole rings is 1. The predicted molar refractivity (Wildman–Crippen MR) is 178 cm³/mol. The number of piperazine rings is 1. The number of rotatable bonds is 8. The number of pyridine rings is 1. The van der Waals surface area contributed by atoms with E-state index in [0.29, 0.717) is 50.7 Å². The highest BCUT2D eigenvalue weighted by Gasteiger charge is 2.40. The molecule has 0 radical (unpaired) electrons. The number of urea groups is 1. The SMILES string of the molecule is NC(=O)N1CCC(CC(=O)N2CCN(C3c4ccc(Cl)cc4CCc4cc(Br)cnc43)CC2C(=O)NCCCn2ccnc2)CC1. The summed E-state index contributed by atoms with van der Waals surface area (Å²) in [7, 11) is 0. The number of nitrogens with one attached hydrogen (secondary N) is 1. The number of halogens is 2. The molecule has 3 N–H and O–H groups in total. The van der Waals surface area contributed by atoms with Crippen LogP contribution in [0.3, 0.4) is 0 Å². The van der Waals surface area contributed by atoms with Crippen LogP contribution >= 0.6 is 27.5 Å². The molecule has 2 atom stereocenters. The number of aryl methyl sites for hydroxylation is 3. The topological polar surface area (TPSA) is 130 Å². The van der Waals surface area contributed by atoms with Crippen molar-refractivity contribution in [3.8, 4) is 0 Å². The first-order valence-corrected chi connectivity index (χ1v) is 17.2. The van der Waals surface area contributed by atoms with Crippen LogP contribution in [0.1, 0.15) is 54.1 Å². The maximum atomic E-state index is 13.9. The van der Waals surface area contributed by atoms with Gasteiger partial charge in [0, 0.05) is 80.3 Å². The lowest BCUT2D eigenvalue weighted by Gasteiger charge is -2.44. The van der Waals surface area contributed by atoms with Crippen LogP contribution < -0.4 is 11.1 Å². The number of carbonyl (C=O) groups excluding carboxylic acids is 3. The van der Waals surface area contributed by atoms with Gasteiger partial charge in [-0.25, -0.2) is 9.78 Å². The Morgan fingerprint density at radius 1 is 1.07 bits per heavy atom. The largest absolute Gasteiger partial charge is 0.354 e. The highest BCUT2D eigenvalue weighted by atomic mass is 79.9. The van der Waals surface area contributed by atoms with E-state index in [1.807, 2.05) is 29.1 Å². The van der Waals surface area contributed by atoms with E-state index < -0.39 is 12.1 Å². The van der Waals surface area contributed by atoms with Gasteiger partial charge in [-0.15, -0.1) is 0 Å². The molecule has 2 aliphatic heterocycles. The average Bonchev–Trinajstić information content (AvgIpc) is 3.52. The third kappa shape index (κ3) is 7.39. The Labute approximate surface area is 282 Å². The molecule has 0 saturated carbocycles. The van der Waals surface area contributed by atoms with Crippen LogP contribution in [0.4, 0.5) is 4.79 Å².